The standard InChI is InChI=1S/C18H12ClNO3S/c19-24(21,22)18-8-6-15-5-7-17(9-16(15)10-18)23-12-14-3-1-13(11-20)2-4-14/h1-10H,12H2. The number of halogens is 1. The maximum atomic E-state index is 11.4. The normalized spacial score (nSPS) is 11.2. The fraction of sp³-hybridized carbons (Fsp3) is 0.0556. The van der Waals surface area contributed by atoms with Crippen LogP contribution in [0, 0.1) is 11.3 Å². The Labute approximate surface area is 144 Å². The first-order valence-corrected chi connectivity index (χ1v) is 9.37. The van der Waals surface area contributed by atoms with Crippen molar-refractivity contribution in [2.24, 2.45) is 0 Å². The van der Waals surface area contributed by atoms with Crippen molar-refractivity contribution >= 4 is 30.5 Å². The van der Waals surface area contributed by atoms with Crippen molar-refractivity contribution in [2.75, 3.05) is 0 Å². The van der Waals surface area contributed by atoms with Crippen LogP contribution in [0.3, 0.4) is 0 Å². The number of hydrogen-bond donors (Lipinski definition) is 0. The van der Waals surface area contributed by atoms with Gasteiger partial charge in [-0.1, -0.05) is 24.3 Å². The summed E-state index contributed by atoms with van der Waals surface area (Å²) in [5.74, 6) is 0.621. The average molecular weight is 358 g/mol. The van der Waals surface area contributed by atoms with E-state index < -0.39 is 9.05 Å². The predicted molar refractivity (Wildman–Crippen MR) is 92.5 cm³/mol. The zero-order valence-electron chi connectivity index (χ0n) is 12.4. The first-order valence-electron chi connectivity index (χ1n) is 7.06. The molecule has 0 saturated carbocycles. The molecule has 0 radical (unpaired) electrons. The van der Waals surface area contributed by atoms with Gasteiger partial charge in [0.25, 0.3) is 9.05 Å². The smallest absolute Gasteiger partial charge is 0.261 e. The zero-order chi connectivity index (χ0) is 17.2. The lowest BCUT2D eigenvalue weighted by Crippen LogP contribution is -1.95. The molecule has 6 heteroatoms. The number of nitrogens with zero attached hydrogens (tertiary/aromatic N) is 1. The van der Waals surface area contributed by atoms with E-state index in [-0.39, 0.29) is 4.90 Å². The van der Waals surface area contributed by atoms with E-state index in [0.29, 0.717) is 17.9 Å². The first kappa shape index (κ1) is 16.3. The molecule has 0 N–H and O–H groups in total. The van der Waals surface area contributed by atoms with Crippen LogP contribution in [0.4, 0.5) is 0 Å². The van der Waals surface area contributed by atoms with E-state index in [1.807, 2.05) is 24.3 Å². The third-order valence-corrected chi connectivity index (χ3v) is 4.90. The lowest BCUT2D eigenvalue weighted by Gasteiger charge is -2.08. The van der Waals surface area contributed by atoms with Crippen molar-refractivity contribution in [3.63, 3.8) is 0 Å². The first-order chi connectivity index (χ1) is 11.5. The van der Waals surface area contributed by atoms with Crippen molar-refractivity contribution in [3.05, 3.63) is 71.8 Å². The Morgan fingerprint density at radius 2 is 1.67 bits per heavy atom. The molecule has 0 spiro atoms. The summed E-state index contributed by atoms with van der Waals surface area (Å²) in [6.07, 6.45) is 0. The van der Waals surface area contributed by atoms with Gasteiger partial charge in [-0.05, 0) is 52.7 Å². The molecule has 0 unspecified atom stereocenters. The Hall–Kier alpha value is -2.55. The van der Waals surface area contributed by atoms with Crippen LogP contribution >= 0.6 is 10.7 Å². The molecule has 4 nitrogen and oxygen atoms in total. The van der Waals surface area contributed by atoms with Gasteiger partial charge in [0.2, 0.25) is 0 Å². The monoisotopic (exact) mass is 357 g/mol. The maximum absolute atomic E-state index is 11.4. The highest BCUT2D eigenvalue weighted by Gasteiger charge is 2.10. The molecule has 0 heterocycles. The highest BCUT2D eigenvalue weighted by Crippen LogP contribution is 2.25. The van der Waals surface area contributed by atoms with E-state index in [1.54, 1.807) is 24.3 Å². The molecule has 24 heavy (non-hydrogen) atoms. The molecule has 0 fully saturated rings. The number of rotatable bonds is 4. The van der Waals surface area contributed by atoms with Gasteiger partial charge in [0.15, 0.2) is 0 Å². The number of ether oxygens (including phenoxy) is 1. The molecular weight excluding hydrogens is 346 g/mol. The van der Waals surface area contributed by atoms with Crippen molar-refractivity contribution in [3.8, 4) is 11.8 Å². The lowest BCUT2D eigenvalue weighted by atomic mass is 10.1. The maximum Gasteiger partial charge on any atom is 0.261 e. The van der Waals surface area contributed by atoms with Crippen LogP contribution in [0.25, 0.3) is 10.8 Å². The fourth-order valence-corrected chi connectivity index (χ4v) is 3.07. The van der Waals surface area contributed by atoms with E-state index in [1.165, 1.54) is 12.1 Å². The van der Waals surface area contributed by atoms with Gasteiger partial charge >= 0.3 is 0 Å². The average Bonchev–Trinajstić information content (AvgIpc) is 2.59. The lowest BCUT2D eigenvalue weighted by molar-refractivity contribution is 0.306. The summed E-state index contributed by atoms with van der Waals surface area (Å²) < 4.78 is 28.6. The molecule has 0 aromatic heterocycles. The van der Waals surface area contributed by atoms with Crippen molar-refractivity contribution in [1.29, 1.82) is 5.26 Å². The van der Waals surface area contributed by atoms with E-state index >= 15 is 0 Å². The molecule has 0 saturated heterocycles. The number of hydrogen-bond acceptors (Lipinski definition) is 4. The molecule has 120 valence electrons. The number of nitriles is 1. The van der Waals surface area contributed by atoms with Crippen molar-refractivity contribution in [2.45, 2.75) is 11.5 Å². The SMILES string of the molecule is N#Cc1ccc(COc2ccc3ccc(S(=O)(=O)Cl)cc3c2)cc1. The molecule has 0 amide bonds. The van der Waals surface area contributed by atoms with E-state index in [9.17, 15) is 8.42 Å². The highest BCUT2D eigenvalue weighted by molar-refractivity contribution is 8.13. The molecular formula is C18H12ClNO3S. The van der Waals surface area contributed by atoms with Gasteiger partial charge in [0.05, 0.1) is 16.5 Å². The quantitative estimate of drug-likeness (QED) is 0.656. The Bertz CT molecular complexity index is 1040. The minimum Gasteiger partial charge on any atom is -0.489 e. The van der Waals surface area contributed by atoms with Gasteiger partial charge in [-0.15, -0.1) is 0 Å². The van der Waals surface area contributed by atoms with Gasteiger partial charge in [-0.2, -0.15) is 5.26 Å². The predicted octanol–water partition coefficient (Wildman–Crippen LogP) is 4.22. The Morgan fingerprint density at radius 3 is 2.33 bits per heavy atom. The molecule has 3 rings (SSSR count). The Morgan fingerprint density at radius 1 is 0.958 bits per heavy atom. The second-order valence-corrected chi connectivity index (χ2v) is 7.77. The van der Waals surface area contributed by atoms with E-state index in [0.717, 1.165) is 16.3 Å². The van der Waals surface area contributed by atoms with Crippen LogP contribution in [0.15, 0.2) is 65.6 Å². The Kier molecular flexibility index (Phi) is 4.43. The fourth-order valence-electron chi connectivity index (χ4n) is 2.29. The molecule has 3 aromatic rings. The van der Waals surface area contributed by atoms with Gasteiger partial charge in [-0.25, -0.2) is 8.42 Å². The van der Waals surface area contributed by atoms with Crippen LogP contribution in [0.2, 0.25) is 0 Å². The minimum atomic E-state index is -3.76. The third kappa shape index (κ3) is 3.67. The Balaban J connectivity index is 1.83. The van der Waals surface area contributed by atoms with Crippen LogP contribution in [0.1, 0.15) is 11.1 Å². The number of fused-ring (bicyclic) bond motifs is 1. The van der Waals surface area contributed by atoms with Crippen LogP contribution < -0.4 is 4.74 Å². The van der Waals surface area contributed by atoms with Gasteiger partial charge in [0.1, 0.15) is 12.4 Å². The van der Waals surface area contributed by atoms with Crippen LogP contribution in [-0.2, 0) is 15.7 Å². The van der Waals surface area contributed by atoms with Gasteiger partial charge in [-0.3, -0.25) is 0 Å². The molecule has 3 aromatic carbocycles. The topological polar surface area (TPSA) is 67.2 Å². The van der Waals surface area contributed by atoms with Gasteiger partial charge < -0.3 is 4.74 Å². The zero-order valence-corrected chi connectivity index (χ0v) is 14.0. The molecule has 0 aliphatic heterocycles. The third-order valence-electron chi connectivity index (χ3n) is 3.55. The summed E-state index contributed by atoms with van der Waals surface area (Å²) in [6.45, 7) is 0.352. The summed E-state index contributed by atoms with van der Waals surface area (Å²) in [6, 6.07) is 19.3. The number of benzene rings is 3. The van der Waals surface area contributed by atoms with Crippen molar-refractivity contribution < 1.29 is 13.2 Å². The van der Waals surface area contributed by atoms with E-state index in [4.69, 9.17) is 20.7 Å². The van der Waals surface area contributed by atoms with Crippen LogP contribution in [-0.4, -0.2) is 8.42 Å². The summed E-state index contributed by atoms with van der Waals surface area (Å²) in [5, 5.41) is 10.4. The summed E-state index contributed by atoms with van der Waals surface area (Å²) in [7, 11) is 1.62. The highest BCUT2D eigenvalue weighted by atomic mass is 35.7. The van der Waals surface area contributed by atoms with Crippen LogP contribution in [0.5, 0.6) is 5.75 Å². The van der Waals surface area contributed by atoms with E-state index in [2.05, 4.69) is 6.07 Å². The second kappa shape index (κ2) is 6.52. The van der Waals surface area contributed by atoms with Gasteiger partial charge in [0, 0.05) is 10.7 Å². The second-order valence-electron chi connectivity index (χ2n) is 5.21. The summed E-state index contributed by atoms with van der Waals surface area (Å²) in [4.78, 5) is 0.0564. The minimum absolute atomic E-state index is 0.0564. The summed E-state index contributed by atoms with van der Waals surface area (Å²) >= 11 is 0. The molecule has 0 aliphatic carbocycles. The molecule has 0 aliphatic rings. The summed E-state index contributed by atoms with van der Waals surface area (Å²) in [5.41, 5.74) is 1.53. The molecule has 0 atom stereocenters. The molecule has 0 bridgehead atoms. The van der Waals surface area contributed by atoms with Crippen molar-refractivity contribution in [1.82, 2.24) is 0 Å². The largest absolute Gasteiger partial charge is 0.489 e.